The molecule has 152 valence electrons. The average molecular weight is 392 g/mol. The molecule has 3 aromatic rings. The number of hydrogen-bond acceptors (Lipinski definition) is 4. The lowest BCUT2D eigenvalue weighted by atomic mass is 10.1. The van der Waals surface area contributed by atoms with E-state index >= 15 is 0 Å². The molecule has 2 aliphatic heterocycles. The number of fused-ring (bicyclic) bond motifs is 1. The smallest absolute Gasteiger partial charge is 0.137 e. The zero-order valence-electron chi connectivity index (χ0n) is 17.3. The molecule has 0 N–H and O–H groups in total. The maximum Gasteiger partial charge on any atom is 0.137 e. The Labute approximate surface area is 172 Å². The van der Waals surface area contributed by atoms with Crippen molar-refractivity contribution in [2.75, 3.05) is 19.7 Å². The highest BCUT2D eigenvalue weighted by molar-refractivity contribution is 5.65. The Morgan fingerprint density at radius 3 is 2.45 bits per heavy atom. The van der Waals surface area contributed by atoms with Crippen LogP contribution in [0.4, 0.5) is 0 Å². The van der Waals surface area contributed by atoms with Crippen LogP contribution < -0.4 is 4.74 Å². The molecule has 0 bridgehead atoms. The summed E-state index contributed by atoms with van der Waals surface area (Å²) in [6.07, 6.45) is 7.32. The molecule has 2 fully saturated rings. The summed E-state index contributed by atoms with van der Waals surface area (Å²) in [6, 6.07) is 12.7. The minimum absolute atomic E-state index is 0.298. The zero-order valence-corrected chi connectivity index (χ0v) is 17.3. The summed E-state index contributed by atoms with van der Waals surface area (Å²) >= 11 is 0. The van der Waals surface area contributed by atoms with Crippen molar-refractivity contribution in [1.82, 2.24) is 14.3 Å². The third kappa shape index (κ3) is 3.77. The van der Waals surface area contributed by atoms with Crippen LogP contribution in [-0.2, 0) is 4.74 Å². The highest BCUT2D eigenvalue weighted by atomic mass is 16.5. The van der Waals surface area contributed by atoms with Gasteiger partial charge in [-0.05, 0) is 74.9 Å². The lowest BCUT2D eigenvalue weighted by Crippen LogP contribution is -2.43. The fraction of sp³-hybridized carbons (Fsp3) is 0.458. The molecule has 0 saturated carbocycles. The molecule has 2 aliphatic rings. The predicted molar refractivity (Wildman–Crippen MR) is 114 cm³/mol. The van der Waals surface area contributed by atoms with Crippen LogP contribution in [0, 0.1) is 13.8 Å². The fourth-order valence-electron chi connectivity index (χ4n) is 4.50. The van der Waals surface area contributed by atoms with E-state index < -0.39 is 0 Å². The van der Waals surface area contributed by atoms with Gasteiger partial charge in [0.2, 0.25) is 0 Å². The highest BCUT2D eigenvalue weighted by Crippen LogP contribution is 2.27. The Bertz CT molecular complexity index is 981. The summed E-state index contributed by atoms with van der Waals surface area (Å²) in [5, 5.41) is 0. The Morgan fingerprint density at radius 1 is 0.966 bits per heavy atom. The van der Waals surface area contributed by atoms with E-state index in [4.69, 9.17) is 9.47 Å². The largest absolute Gasteiger partial charge is 0.490 e. The molecule has 4 heterocycles. The van der Waals surface area contributed by atoms with Gasteiger partial charge in [0, 0.05) is 31.6 Å². The lowest BCUT2D eigenvalue weighted by Gasteiger charge is -2.35. The van der Waals surface area contributed by atoms with E-state index in [2.05, 4.69) is 70.7 Å². The summed E-state index contributed by atoms with van der Waals surface area (Å²) < 4.78 is 14.2. The molecule has 0 aliphatic carbocycles. The molecule has 29 heavy (non-hydrogen) atoms. The van der Waals surface area contributed by atoms with Crippen molar-refractivity contribution in [3.05, 3.63) is 54.0 Å². The Kier molecular flexibility index (Phi) is 5.02. The summed E-state index contributed by atoms with van der Waals surface area (Å²) in [7, 11) is 0. The van der Waals surface area contributed by atoms with Gasteiger partial charge in [0.1, 0.15) is 23.7 Å². The van der Waals surface area contributed by atoms with Crippen molar-refractivity contribution in [2.45, 2.75) is 51.9 Å². The van der Waals surface area contributed by atoms with Crippen LogP contribution in [0.3, 0.4) is 0 Å². The summed E-state index contributed by atoms with van der Waals surface area (Å²) in [5.41, 5.74) is 5.65. The first-order valence-electron chi connectivity index (χ1n) is 10.8. The van der Waals surface area contributed by atoms with Crippen LogP contribution in [0.25, 0.3) is 16.8 Å². The maximum atomic E-state index is 6.27. The van der Waals surface area contributed by atoms with Gasteiger partial charge in [0.15, 0.2) is 0 Å². The van der Waals surface area contributed by atoms with Crippen LogP contribution in [0.15, 0.2) is 42.6 Å². The van der Waals surface area contributed by atoms with Gasteiger partial charge < -0.3 is 13.9 Å². The first kappa shape index (κ1) is 18.6. The second-order valence-electron chi connectivity index (χ2n) is 8.27. The predicted octanol–water partition coefficient (Wildman–Crippen LogP) is 4.60. The Morgan fingerprint density at radius 2 is 1.72 bits per heavy atom. The number of ether oxygens (including phenoxy) is 2. The summed E-state index contributed by atoms with van der Waals surface area (Å²) in [4.78, 5) is 7.07. The Balaban J connectivity index is 1.23. The molecule has 1 aromatic carbocycles. The van der Waals surface area contributed by atoms with Crippen molar-refractivity contribution in [3.63, 3.8) is 0 Å². The first-order valence-corrected chi connectivity index (χ1v) is 10.8. The highest BCUT2D eigenvalue weighted by Gasteiger charge is 2.28. The molecule has 0 radical (unpaired) electrons. The van der Waals surface area contributed by atoms with E-state index in [1.807, 2.05) is 0 Å². The standard InChI is InChI=1S/C24H29N3O2/c1-17-18(2)27-16-20(7-10-23(27)25-17)19-5-8-21(9-6-19)29-22-11-13-26(14-12-22)24-4-3-15-28-24/h5-10,16,22,24H,3-4,11-15H2,1-2H3/t24-/m1/s1. The van der Waals surface area contributed by atoms with Gasteiger partial charge in [0.05, 0.1) is 5.69 Å². The van der Waals surface area contributed by atoms with Crippen LogP contribution in [-0.4, -0.2) is 46.3 Å². The average Bonchev–Trinajstić information content (AvgIpc) is 3.38. The second-order valence-corrected chi connectivity index (χ2v) is 8.27. The number of likely N-dealkylation sites (tertiary alicyclic amines) is 1. The third-order valence-electron chi connectivity index (χ3n) is 6.37. The van der Waals surface area contributed by atoms with Gasteiger partial charge in [-0.2, -0.15) is 0 Å². The summed E-state index contributed by atoms with van der Waals surface area (Å²) in [6.45, 7) is 7.22. The zero-order chi connectivity index (χ0) is 19.8. The molecule has 1 atom stereocenters. The topological polar surface area (TPSA) is 39.0 Å². The molecule has 2 aromatic heterocycles. The minimum atomic E-state index is 0.298. The third-order valence-corrected chi connectivity index (χ3v) is 6.37. The van der Waals surface area contributed by atoms with Crippen LogP contribution in [0.5, 0.6) is 5.75 Å². The van der Waals surface area contributed by atoms with Gasteiger partial charge >= 0.3 is 0 Å². The van der Waals surface area contributed by atoms with E-state index in [1.54, 1.807) is 0 Å². The fourth-order valence-corrected chi connectivity index (χ4v) is 4.50. The second kappa shape index (κ2) is 7.81. The minimum Gasteiger partial charge on any atom is -0.490 e. The molecule has 0 amide bonds. The van der Waals surface area contributed by atoms with Crippen molar-refractivity contribution >= 4 is 5.65 Å². The number of nitrogens with zero attached hydrogens (tertiary/aromatic N) is 3. The number of aromatic nitrogens is 2. The lowest BCUT2D eigenvalue weighted by molar-refractivity contribution is -0.0441. The van der Waals surface area contributed by atoms with E-state index in [1.165, 1.54) is 29.7 Å². The number of aryl methyl sites for hydroxylation is 2. The summed E-state index contributed by atoms with van der Waals surface area (Å²) in [5.74, 6) is 0.958. The first-order chi connectivity index (χ1) is 14.2. The van der Waals surface area contributed by atoms with Crippen molar-refractivity contribution in [1.29, 1.82) is 0 Å². The molecule has 5 heteroatoms. The van der Waals surface area contributed by atoms with E-state index in [0.717, 1.165) is 49.6 Å². The van der Waals surface area contributed by atoms with Gasteiger partial charge in [-0.15, -0.1) is 0 Å². The number of benzene rings is 1. The van der Waals surface area contributed by atoms with Gasteiger partial charge in [0.25, 0.3) is 0 Å². The van der Waals surface area contributed by atoms with Crippen LogP contribution in [0.1, 0.15) is 37.1 Å². The molecule has 5 nitrogen and oxygen atoms in total. The van der Waals surface area contributed by atoms with Crippen molar-refractivity contribution < 1.29 is 9.47 Å². The maximum absolute atomic E-state index is 6.27. The molecule has 2 saturated heterocycles. The number of imidazole rings is 1. The van der Waals surface area contributed by atoms with Crippen molar-refractivity contribution in [2.24, 2.45) is 0 Å². The number of pyridine rings is 1. The molecule has 0 unspecified atom stereocenters. The SMILES string of the molecule is Cc1nc2ccc(-c3ccc(OC4CCN([C@H]5CCCO5)CC4)cc3)cn2c1C. The van der Waals surface area contributed by atoms with Crippen LogP contribution in [0.2, 0.25) is 0 Å². The van der Waals surface area contributed by atoms with Crippen molar-refractivity contribution in [3.8, 4) is 16.9 Å². The quantitative estimate of drug-likeness (QED) is 0.652. The molecule has 0 spiro atoms. The van der Waals surface area contributed by atoms with Gasteiger partial charge in [-0.25, -0.2) is 4.98 Å². The number of rotatable bonds is 4. The molecule has 5 rings (SSSR count). The Hall–Kier alpha value is -2.37. The van der Waals surface area contributed by atoms with Crippen LogP contribution >= 0.6 is 0 Å². The van der Waals surface area contributed by atoms with Gasteiger partial charge in [-0.3, -0.25) is 4.90 Å². The molecular weight excluding hydrogens is 362 g/mol. The number of hydrogen-bond donors (Lipinski definition) is 0. The van der Waals surface area contributed by atoms with E-state index in [9.17, 15) is 0 Å². The normalized spacial score (nSPS) is 21.1. The van der Waals surface area contributed by atoms with E-state index in [0.29, 0.717) is 12.3 Å². The molecular formula is C24H29N3O2. The monoisotopic (exact) mass is 391 g/mol. The van der Waals surface area contributed by atoms with Gasteiger partial charge in [-0.1, -0.05) is 12.1 Å². The number of piperidine rings is 1. The van der Waals surface area contributed by atoms with E-state index in [-0.39, 0.29) is 0 Å².